The maximum absolute atomic E-state index is 11.8. The van der Waals surface area contributed by atoms with Crippen molar-refractivity contribution in [2.45, 2.75) is 57.5 Å². The average Bonchev–Trinajstić information content (AvgIpc) is 3.16. The Morgan fingerprint density at radius 2 is 2.21 bits per heavy atom. The van der Waals surface area contributed by atoms with Crippen LogP contribution in [-0.2, 0) is 17.6 Å². The highest BCUT2D eigenvalue weighted by Gasteiger charge is 2.20. The Morgan fingerprint density at radius 3 is 2.88 bits per heavy atom. The first kappa shape index (κ1) is 17.0. The minimum Gasteiger partial charge on any atom is -0.353 e. The van der Waals surface area contributed by atoms with Crippen molar-refractivity contribution in [1.82, 2.24) is 25.3 Å². The number of thioether (sulfide) groups is 1. The molecular weight excluding hydrogens is 322 g/mol. The average molecular weight is 345 g/mol. The molecule has 24 heavy (non-hydrogen) atoms. The van der Waals surface area contributed by atoms with E-state index in [4.69, 9.17) is 0 Å². The Hall–Kier alpha value is -1.89. The number of amides is 1. The van der Waals surface area contributed by atoms with E-state index < -0.39 is 0 Å². The molecule has 2 heterocycles. The highest BCUT2D eigenvalue weighted by atomic mass is 32.2. The standard InChI is InChI=1S/C17H23N5OS/c1-4-11(2)18-16(23)10-24-17-9-8-15(19-20-17)22-12(3)13-6-5-7-14(13)21-22/h8-9,11H,4-7,10H2,1-3H3,(H,18,23)/t11-/m0/s1. The van der Waals surface area contributed by atoms with E-state index in [2.05, 4.69) is 34.5 Å². The second-order valence-electron chi connectivity index (χ2n) is 6.17. The second kappa shape index (κ2) is 7.34. The number of hydrogen-bond donors (Lipinski definition) is 1. The van der Waals surface area contributed by atoms with Gasteiger partial charge < -0.3 is 5.32 Å². The van der Waals surface area contributed by atoms with E-state index in [0.717, 1.165) is 35.8 Å². The number of nitrogens with one attached hydrogen (secondary N) is 1. The zero-order valence-corrected chi connectivity index (χ0v) is 15.2. The summed E-state index contributed by atoms with van der Waals surface area (Å²) in [6, 6.07) is 4.02. The monoisotopic (exact) mass is 345 g/mol. The first-order chi connectivity index (χ1) is 11.6. The summed E-state index contributed by atoms with van der Waals surface area (Å²) in [6.07, 6.45) is 4.28. The zero-order valence-electron chi connectivity index (χ0n) is 14.4. The van der Waals surface area contributed by atoms with Crippen molar-refractivity contribution in [3.05, 3.63) is 29.1 Å². The van der Waals surface area contributed by atoms with E-state index in [0.29, 0.717) is 5.75 Å². The summed E-state index contributed by atoms with van der Waals surface area (Å²) in [6.45, 7) is 6.14. The molecule has 0 saturated carbocycles. The first-order valence-corrected chi connectivity index (χ1v) is 9.40. The van der Waals surface area contributed by atoms with Gasteiger partial charge in [-0.2, -0.15) is 5.10 Å². The van der Waals surface area contributed by atoms with Crippen molar-refractivity contribution < 1.29 is 4.79 Å². The Labute approximate surface area is 146 Å². The van der Waals surface area contributed by atoms with Crippen LogP contribution >= 0.6 is 11.8 Å². The number of nitrogens with zero attached hydrogens (tertiary/aromatic N) is 4. The number of aryl methyl sites for hydroxylation is 1. The molecule has 0 aromatic carbocycles. The number of fused-ring (bicyclic) bond motifs is 1. The third kappa shape index (κ3) is 3.61. The van der Waals surface area contributed by atoms with Crippen LogP contribution in [0, 0.1) is 6.92 Å². The number of hydrogen-bond acceptors (Lipinski definition) is 5. The van der Waals surface area contributed by atoms with Crippen LogP contribution in [0.3, 0.4) is 0 Å². The topological polar surface area (TPSA) is 72.7 Å². The predicted octanol–water partition coefficient (Wildman–Crippen LogP) is 2.47. The molecule has 1 amide bonds. The predicted molar refractivity (Wildman–Crippen MR) is 94.5 cm³/mol. The molecule has 0 bridgehead atoms. The Morgan fingerprint density at radius 1 is 1.38 bits per heavy atom. The van der Waals surface area contributed by atoms with Gasteiger partial charge in [0.2, 0.25) is 5.91 Å². The van der Waals surface area contributed by atoms with Crippen LogP contribution < -0.4 is 5.32 Å². The summed E-state index contributed by atoms with van der Waals surface area (Å²) >= 11 is 1.40. The van der Waals surface area contributed by atoms with Crippen molar-refractivity contribution in [3.63, 3.8) is 0 Å². The van der Waals surface area contributed by atoms with Gasteiger partial charge in [-0.3, -0.25) is 4.79 Å². The summed E-state index contributed by atoms with van der Waals surface area (Å²) in [4.78, 5) is 11.8. The fraction of sp³-hybridized carbons (Fsp3) is 0.529. The van der Waals surface area contributed by atoms with Crippen molar-refractivity contribution >= 4 is 17.7 Å². The fourth-order valence-corrected chi connectivity index (χ4v) is 3.46. The van der Waals surface area contributed by atoms with E-state index >= 15 is 0 Å². The highest BCUT2D eigenvalue weighted by molar-refractivity contribution is 7.99. The lowest BCUT2D eigenvalue weighted by atomic mass is 10.2. The summed E-state index contributed by atoms with van der Waals surface area (Å²) in [5.41, 5.74) is 3.71. The van der Waals surface area contributed by atoms with Gasteiger partial charge in [0.1, 0.15) is 5.03 Å². The molecule has 0 radical (unpaired) electrons. The van der Waals surface area contributed by atoms with E-state index in [1.807, 2.05) is 23.7 Å². The van der Waals surface area contributed by atoms with E-state index in [1.54, 1.807) is 0 Å². The van der Waals surface area contributed by atoms with Crippen molar-refractivity contribution in [3.8, 4) is 5.82 Å². The molecule has 1 aliphatic rings. The summed E-state index contributed by atoms with van der Waals surface area (Å²) in [7, 11) is 0. The smallest absolute Gasteiger partial charge is 0.230 e. The van der Waals surface area contributed by atoms with Gasteiger partial charge in [0.25, 0.3) is 0 Å². The van der Waals surface area contributed by atoms with E-state index in [1.165, 1.54) is 29.4 Å². The molecule has 6 nitrogen and oxygen atoms in total. The van der Waals surface area contributed by atoms with Gasteiger partial charge >= 0.3 is 0 Å². The molecule has 0 aliphatic heterocycles. The molecule has 3 rings (SSSR count). The van der Waals surface area contributed by atoms with Gasteiger partial charge in [-0.15, -0.1) is 10.2 Å². The molecule has 0 unspecified atom stereocenters. The van der Waals surface area contributed by atoms with Crippen LogP contribution in [0.1, 0.15) is 43.6 Å². The lowest BCUT2D eigenvalue weighted by Crippen LogP contribution is -2.33. The molecular formula is C17H23N5OS. The second-order valence-corrected chi connectivity index (χ2v) is 7.17. The van der Waals surface area contributed by atoms with Crippen LogP contribution in [-0.4, -0.2) is 37.7 Å². The lowest BCUT2D eigenvalue weighted by molar-refractivity contribution is -0.119. The Bertz CT molecular complexity index is 725. The summed E-state index contributed by atoms with van der Waals surface area (Å²) < 4.78 is 1.88. The summed E-state index contributed by atoms with van der Waals surface area (Å²) in [5.74, 6) is 1.11. The molecule has 0 saturated heterocycles. The van der Waals surface area contributed by atoms with E-state index in [9.17, 15) is 4.79 Å². The number of carbonyl (C=O) groups excluding carboxylic acids is 1. The summed E-state index contributed by atoms with van der Waals surface area (Å²) in [5, 5.41) is 16.8. The quantitative estimate of drug-likeness (QED) is 0.814. The minimum atomic E-state index is 0.0274. The van der Waals surface area contributed by atoms with Gasteiger partial charge in [0.05, 0.1) is 11.4 Å². The number of carbonyl (C=O) groups is 1. The lowest BCUT2D eigenvalue weighted by Gasteiger charge is -2.10. The SMILES string of the molecule is CC[C@H](C)NC(=O)CSc1ccc(-n2nc3c(c2C)CCC3)nn1. The number of aromatic nitrogens is 4. The molecule has 0 fully saturated rings. The molecule has 7 heteroatoms. The van der Waals surface area contributed by atoms with Gasteiger partial charge in [-0.05, 0) is 57.2 Å². The van der Waals surface area contributed by atoms with Gasteiger partial charge in [0.15, 0.2) is 5.82 Å². The Balaban J connectivity index is 1.63. The normalized spacial score (nSPS) is 14.5. The fourth-order valence-electron chi connectivity index (χ4n) is 2.84. The molecule has 0 spiro atoms. The third-order valence-electron chi connectivity index (χ3n) is 4.38. The van der Waals surface area contributed by atoms with Crippen LogP contribution in [0.5, 0.6) is 0 Å². The van der Waals surface area contributed by atoms with Crippen LogP contribution in [0.25, 0.3) is 5.82 Å². The molecule has 128 valence electrons. The Kier molecular flexibility index (Phi) is 5.18. The molecule has 1 atom stereocenters. The third-order valence-corrected chi connectivity index (χ3v) is 5.30. The molecule has 1 aliphatic carbocycles. The van der Waals surface area contributed by atoms with Gasteiger partial charge in [-0.1, -0.05) is 18.7 Å². The minimum absolute atomic E-state index is 0.0274. The zero-order chi connectivity index (χ0) is 17.1. The largest absolute Gasteiger partial charge is 0.353 e. The van der Waals surface area contributed by atoms with Gasteiger partial charge in [0, 0.05) is 11.7 Å². The van der Waals surface area contributed by atoms with Crippen LogP contribution in [0.4, 0.5) is 0 Å². The van der Waals surface area contributed by atoms with Crippen molar-refractivity contribution in [1.29, 1.82) is 0 Å². The molecule has 2 aromatic heterocycles. The van der Waals surface area contributed by atoms with Gasteiger partial charge in [-0.25, -0.2) is 4.68 Å². The first-order valence-electron chi connectivity index (χ1n) is 8.42. The van der Waals surface area contributed by atoms with Crippen molar-refractivity contribution in [2.75, 3.05) is 5.75 Å². The maximum Gasteiger partial charge on any atom is 0.230 e. The highest BCUT2D eigenvalue weighted by Crippen LogP contribution is 2.26. The van der Waals surface area contributed by atoms with Crippen LogP contribution in [0.15, 0.2) is 17.2 Å². The number of rotatable bonds is 6. The molecule has 2 aromatic rings. The maximum atomic E-state index is 11.8. The van der Waals surface area contributed by atoms with Crippen LogP contribution in [0.2, 0.25) is 0 Å². The van der Waals surface area contributed by atoms with Crippen molar-refractivity contribution in [2.24, 2.45) is 0 Å². The van der Waals surface area contributed by atoms with E-state index in [-0.39, 0.29) is 11.9 Å². The molecule has 1 N–H and O–H groups in total.